The highest BCUT2D eigenvalue weighted by molar-refractivity contribution is 5.20. The van der Waals surface area contributed by atoms with Crippen molar-refractivity contribution in [1.29, 1.82) is 5.26 Å². The fourth-order valence-corrected chi connectivity index (χ4v) is 2.74. The van der Waals surface area contributed by atoms with Crippen LogP contribution in [0.2, 0.25) is 0 Å². The minimum absolute atomic E-state index is 0.243. The van der Waals surface area contributed by atoms with E-state index in [1.807, 2.05) is 13.1 Å². The highest BCUT2D eigenvalue weighted by Crippen LogP contribution is 2.27. The van der Waals surface area contributed by atoms with Crippen molar-refractivity contribution in [3.63, 3.8) is 0 Å². The second-order valence-corrected chi connectivity index (χ2v) is 4.91. The van der Waals surface area contributed by atoms with E-state index in [-0.39, 0.29) is 6.04 Å². The molecular weight excluding hydrogens is 222 g/mol. The van der Waals surface area contributed by atoms with Crippen LogP contribution in [0, 0.1) is 11.3 Å². The van der Waals surface area contributed by atoms with Gasteiger partial charge < -0.3 is 5.32 Å². The monoisotopic (exact) mass is 243 g/mol. The molecule has 1 heterocycles. The smallest absolute Gasteiger partial charge is 0.0641 e. The highest BCUT2D eigenvalue weighted by Gasteiger charge is 2.25. The summed E-state index contributed by atoms with van der Waals surface area (Å²) in [7, 11) is 2.02. The lowest BCUT2D eigenvalue weighted by Gasteiger charge is -2.37. The fraction of sp³-hybridized carbons (Fsp3) is 0.533. The Morgan fingerprint density at radius 1 is 1.44 bits per heavy atom. The zero-order valence-electron chi connectivity index (χ0n) is 11.0. The predicted octanol–water partition coefficient (Wildman–Crippen LogP) is 2.33. The maximum absolute atomic E-state index is 9.06. The molecule has 3 heteroatoms. The van der Waals surface area contributed by atoms with Gasteiger partial charge in [-0.25, -0.2) is 0 Å². The second-order valence-electron chi connectivity index (χ2n) is 4.91. The Bertz CT molecular complexity index is 396. The van der Waals surface area contributed by atoms with Crippen molar-refractivity contribution in [1.82, 2.24) is 10.2 Å². The van der Waals surface area contributed by atoms with Gasteiger partial charge in [-0.05, 0) is 32.0 Å². The molecule has 0 aromatic heterocycles. The van der Waals surface area contributed by atoms with Crippen LogP contribution in [0.1, 0.15) is 30.9 Å². The highest BCUT2D eigenvalue weighted by atomic mass is 15.2. The van der Waals surface area contributed by atoms with E-state index in [0.717, 1.165) is 13.1 Å². The molecule has 1 aliphatic rings. The van der Waals surface area contributed by atoms with Crippen molar-refractivity contribution >= 4 is 0 Å². The summed E-state index contributed by atoms with van der Waals surface area (Å²) in [4.78, 5) is 2.45. The number of likely N-dealkylation sites (tertiary alicyclic amines) is 1. The molecule has 1 saturated heterocycles. The van der Waals surface area contributed by atoms with Gasteiger partial charge in [0.05, 0.1) is 12.5 Å². The van der Waals surface area contributed by atoms with Crippen molar-refractivity contribution in [3.8, 4) is 6.07 Å². The van der Waals surface area contributed by atoms with E-state index in [0.29, 0.717) is 12.5 Å². The zero-order chi connectivity index (χ0) is 12.8. The molecule has 0 aliphatic carbocycles. The molecule has 2 atom stereocenters. The number of benzene rings is 1. The van der Waals surface area contributed by atoms with E-state index in [1.54, 1.807) is 0 Å². The fourth-order valence-electron chi connectivity index (χ4n) is 2.74. The minimum atomic E-state index is 0.243. The zero-order valence-corrected chi connectivity index (χ0v) is 11.0. The van der Waals surface area contributed by atoms with Gasteiger partial charge in [-0.1, -0.05) is 30.3 Å². The first-order chi connectivity index (χ1) is 8.85. The van der Waals surface area contributed by atoms with Crippen molar-refractivity contribution in [3.05, 3.63) is 35.9 Å². The number of rotatable bonds is 4. The first-order valence-electron chi connectivity index (χ1n) is 6.68. The van der Waals surface area contributed by atoms with E-state index < -0.39 is 0 Å². The van der Waals surface area contributed by atoms with Crippen molar-refractivity contribution in [2.24, 2.45) is 0 Å². The van der Waals surface area contributed by atoms with Crippen molar-refractivity contribution < 1.29 is 0 Å². The van der Waals surface area contributed by atoms with Crippen molar-refractivity contribution in [2.75, 3.05) is 20.1 Å². The number of piperidine rings is 1. The maximum Gasteiger partial charge on any atom is 0.0641 e. The van der Waals surface area contributed by atoms with Gasteiger partial charge in [0.1, 0.15) is 0 Å². The van der Waals surface area contributed by atoms with Gasteiger partial charge in [0, 0.05) is 18.6 Å². The number of hydrogen-bond acceptors (Lipinski definition) is 3. The van der Waals surface area contributed by atoms with Gasteiger partial charge in [-0.3, -0.25) is 4.90 Å². The van der Waals surface area contributed by atoms with E-state index in [2.05, 4.69) is 40.6 Å². The van der Waals surface area contributed by atoms with Gasteiger partial charge >= 0.3 is 0 Å². The molecule has 0 saturated carbocycles. The van der Waals surface area contributed by atoms with Crippen LogP contribution in [-0.2, 0) is 0 Å². The van der Waals surface area contributed by atoms with Gasteiger partial charge in [-0.15, -0.1) is 0 Å². The summed E-state index contributed by atoms with van der Waals surface area (Å²) < 4.78 is 0. The Balaban J connectivity index is 2.13. The Hall–Kier alpha value is -1.37. The quantitative estimate of drug-likeness (QED) is 0.882. The minimum Gasteiger partial charge on any atom is -0.316 e. The lowest BCUT2D eigenvalue weighted by molar-refractivity contribution is 0.141. The molecule has 0 radical (unpaired) electrons. The summed E-state index contributed by atoms with van der Waals surface area (Å²) in [6.45, 7) is 2.14. The van der Waals surface area contributed by atoms with E-state index >= 15 is 0 Å². The van der Waals surface area contributed by atoms with Gasteiger partial charge in [0.2, 0.25) is 0 Å². The van der Waals surface area contributed by atoms with Crippen LogP contribution >= 0.6 is 0 Å². The molecule has 1 fully saturated rings. The molecule has 1 N–H and O–H groups in total. The number of nitrogens with zero attached hydrogens (tertiary/aromatic N) is 2. The van der Waals surface area contributed by atoms with Crippen LogP contribution in [0.25, 0.3) is 0 Å². The third-order valence-corrected chi connectivity index (χ3v) is 3.77. The lowest BCUT2D eigenvalue weighted by Crippen LogP contribution is -2.45. The standard InChI is InChI=1S/C15H21N3/c1-17-14-8-5-11-18(12-14)15(9-10-16)13-6-3-2-4-7-13/h2-4,6-7,14-15,17H,5,8-9,11-12H2,1H3. The SMILES string of the molecule is CNC1CCCN(C(CC#N)c2ccccc2)C1. The average Bonchev–Trinajstić information content (AvgIpc) is 2.46. The summed E-state index contributed by atoms with van der Waals surface area (Å²) in [5.41, 5.74) is 1.26. The molecule has 1 aliphatic heterocycles. The normalized spacial score (nSPS) is 22.3. The Morgan fingerprint density at radius 3 is 2.89 bits per heavy atom. The topological polar surface area (TPSA) is 39.1 Å². The number of nitriles is 1. The van der Waals surface area contributed by atoms with E-state index in [9.17, 15) is 0 Å². The number of likely N-dealkylation sites (N-methyl/N-ethyl adjacent to an activating group) is 1. The van der Waals surface area contributed by atoms with E-state index in [1.165, 1.54) is 18.4 Å². The first kappa shape index (κ1) is 13.1. The summed E-state index contributed by atoms with van der Waals surface area (Å²) >= 11 is 0. The summed E-state index contributed by atoms with van der Waals surface area (Å²) in [5.74, 6) is 0. The second kappa shape index (κ2) is 6.53. The van der Waals surface area contributed by atoms with Gasteiger partial charge in [0.25, 0.3) is 0 Å². The van der Waals surface area contributed by atoms with Crippen LogP contribution in [0.4, 0.5) is 0 Å². The van der Waals surface area contributed by atoms with Gasteiger partial charge in [0.15, 0.2) is 0 Å². The third kappa shape index (κ3) is 3.10. The molecule has 0 spiro atoms. The Morgan fingerprint density at radius 2 is 2.22 bits per heavy atom. The summed E-state index contributed by atoms with van der Waals surface area (Å²) in [6.07, 6.45) is 3.02. The van der Waals surface area contributed by atoms with Crippen LogP contribution < -0.4 is 5.32 Å². The third-order valence-electron chi connectivity index (χ3n) is 3.77. The maximum atomic E-state index is 9.06. The number of hydrogen-bond donors (Lipinski definition) is 1. The molecule has 96 valence electrons. The summed E-state index contributed by atoms with van der Waals surface area (Å²) in [6, 6.07) is 13.5. The molecule has 1 aromatic carbocycles. The molecule has 18 heavy (non-hydrogen) atoms. The molecular formula is C15H21N3. The molecule has 1 aromatic rings. The molecule has 0 amide bonds. The molecule has 2 unspecified atom stereocenters. The Labute approximate surface area is 109 Å². The number of nitrogens with one attached hydrogen (secondary N) is 1. The van der Waals surface area contributed by atoms with Crippen LogP contribution in [0.15, 0.2) is 30.3 Å². The lowest BCUT2D eigenvalue weighted by atomic mass is 9.98. The average molecular weight is 243 g/mol. The largest absolute Gasteiger partial charge is 0.316 e. The first-order valence-corrected chi connectivity index (χ1v) is 6.68. The van der Waals surface area contributed by atoms with Crippen LogP contribution in [0.3, 0.4) is 0 Å². The Kier molecular flexibility index (Phi) is 4.74. The molecule has 2 rings (SSSR count). The van der Waals surface area contributed by atoms with Crippen molar-refractivity contribution in [2.45, 2.75) is 31.3 Å². The van der Waals surface area contributed by atoms with E-state index in [4.69, 9.17) is 5.26 Å². The van der Waals surface area contributed by atoms with Crippen LogP contribution in [0.5, 0.6) is 0 Å². The molecule has 3 nitrogen and oxygen atoms in total. The predicted molar refractivity (Wildman–Crippen MR) is 73.1 cm³/mol. The summed E-state index contributed by atoms with van der Waals surface area (Å²) in [5, 5.41) is 12.4. The van der Waals surface area contributed by atoms with Gasteiger partial charge in [-0.2, -0.15) is 5.26 Å². The molecule has 0 bridgehead atoms. The van der Waals surface area contributed by atoms with Crippen LogP contribution in [-0.4, -0.2) is 31.1 Å².